The van der Waals surface area contributed by atoms with Crippen LogP contribution in [0.3, 0.4) is 0 Å². The van der Waals surface area contributed by atoms with E-state index in [0.717, 1.165) is 3.57 Å². The summed E-state index contributed by atoms with van der Waals surface area (Å²) in [6.45, 7) is 3.88. The first-order valence-corrected chi connectivity index (χ1v) is 8.60. The topological polar surface area (TPSA) is 80.3 Å². The molecule has 2 aromatic rings. The molecule has 2 rings (SSSR count). The predicted octanol–water partition coefficient (Wildman–Crippen LogP) is 3.30. The van der Waals surface area contributed by atoms with E-state index in [1.807, 2.05) is 22.6 Å². The molecule has 0 saturated heterocycles. The molecule has 0 atom stereocenters. The molecule has 0 saturated carbocycles. The molecule has 0 fully saturated rings. The van der Waals surface area contributed by atoms with Crippen molar-refractivity contribution in [2.24, 2.45) is 0 Å². The van der Waals surface area contributed by atoms with Gasteiger partial charge in [0, 0.05) is 3.57 Å². The summed E-state index contributed by atoms with van der Waals surface area (Å²) >= 11 is 2.01. The molecular weight excluding hydrogens is 440 g/mol. The maximum atomic E-state index is 14.1. The molecule has 0 unspecified atom stereocenters. The highest BCUT2D eigenvalue weighted by atomic mass is 127. The Hall–Kier alpha value is -2.23. The zero-order valence-corrected chi connectivity index (χ0v) is 15.9. The first-order chi connectivity index (χ1) is 12.0. The van der Waals surface area contributed by atoms with Gasteiger partial charge in [-0.2, -0.15) is 0 Å². The van der Waals surface area contributed by atoms with Gasteiger partial charge in [-0.25, -0.2) is 14.2 Å². The molecule has 132 valence electrons. The van der Waals surface area contributed by atoms with Crippen molar-refractivity contribution in [2.45, 2.75) is 20.4 Å². The van der Waals surface area contributed by atoms with Gasteiger partial charge >= 0.3 is 5.97 Å². The van der Waals surface area contributed by atoms with Crippen LogP contribution in [0.2, 0.25) is 0 Å². The van der Waals surface area contributed by atoms with E-state index in [-0.39, 0.29) is 30.2 Å². The van der Waals surface area contributed by atoms with E-state index >= 15 is 0 Å². The van der Waals surface area contributed by atoms with E-state index in [1.165, 1.54) is 6.07 Å². The van der Waals surface area contributed by atoms with Crippen LogP contribution in [0.1, 0.15) is 28.5 Å². The second kappa shape index (κ2) is 8.75. The first kappa shape index (κ1) is 19.1. The molecule has 8 heteroatoms. The molecule has 0 aliphatic carbocycles. The minimum absolute atomic E-state index is 0.173. The monoisotopic (exact) mass is 457 g/mol. The van der Waals surface area contributed by atoms with E-state index in [1.54, 1.807) is 32.0 Å². The Morgan fingerprint density at radius 2 is 2.16 bits per heavy atom. The molecule has 0 spiro atoms. The van der Waals surface area contributed by atoms with Crippen molar-refractivity contribution in [1.82, 2.24) is 10.3 Å². The number of esters is 1. The van der Waals surface area contributed by atoms with Gasteiger partial charge in [0.15, 0.2) is 0 Å². The molecule has 1 aromatic carbocycles. The van der Waals surface area contributed by atoms with Crippen LogP contribution in [-0.2, 0) is 16.1 Å². The van der Waals surface area contributed by atoms with Gasteiger partial charge in [0.2, 0.25) is 6.41 Å². The van der Waals surface area contributed by atoms with Crippen molar-refractivity contribution in [3.63, 3.8) is 0 Å². The van der Waals surface area contributed by atoms with Crippen molar-refractivity contribution in [3.05, 3.63) is 50.5 Å². The normalized spacial score (nSPS) is 10.2. The molecule has 1 aromatic heterocycles. The number of anilines is 2. The van der Waals surface area contributed by atoms with Crippen LogP contribution in [0.15, 0.2) is 24.3 Å². The van der Waals surface area contributed by atoms with Gasteiger partial charge in [0.05, 0.1) is 24.5 Å². The van der Waals surface area contributed by atoms with Gasteiger partial charge in [-0.1, -0.05) is 0 Å². The molecule has 0 bridgehead atoms. The number of carbonyl (C=O) groups is 2. The van der Waals surface area contributed by atoms with E-state index in [0.29, 0.717) is 17.7 Å². The maximum Gasteiger partial charge on any atom is 0.341 e. The number of benzene rings is 1. The highest BCUT2D eigenvalue weighted by Gasteiger charge is 2.18. The Bertz CT molecular complexity index is 799. The lowest BCUT2D eigenvalue weighted by molar-refractivity contribution is -0.109. The average Bonchev–Trinajstić information content (AvgIpc) is 2.57. The molecule has 0 aliphatic heterocycles. The molecule has 2 N–H and O–H groups in total. The number of carbonyl (C=O) groups excluding carboxylic acids is 2. The number of aromatic nitrogens is 1. The molecule has 6 nitrogen and oxygen atoms in total. The fourth-order valence-electron chi connectivity index (χ4n) is 2.15. The Morgan fingerprint density at radius 1 is 1.40 bits per heavy atom. The lowest BCUT2D eigenvalue weighted by Crippen LogP contribution is -2.16. The van der Waals surface area contributed by atoms with Gasteiger partial charge < -0.3 is 15.4 Å². The highest BCUT2D eigenvalue weighted by Crippen LogP contribution is 2.25. The Labute approximate surface area is 158 Å². The number of aryl methyl sites for hydroxylation is 1. The van der Waals surface area contributed by atoms with E-state index in [9.17, 15) is 14.0 Å². The fraction of sp³-hybridized carbons (Fsp3) is 0.235. The number of ether oxygens (including phenoxy) is 1. The summed E-state index contributed by atoms with van der Waals surface area (Å²) in [7, 11) is 0. The molecule has 25 heavy (non-hydrogen) atoms. The number of amides is 1. The summed E-state index contributed by atoms with van der Waals surface area (Å²) < 4.78 is 19.9. The van der Waals surface area contributed by atoms with E-state index in [4.69, 9.17) is 4.74 Å². The lowest BCUT2D eigenvalue weighted by Gasteiger charge is -2.15. The van der Waals surface area contributed by atoms with Gasteiger partial charge in [-0.05, 0) is 66.3 Å². The van der Waals surface area contributed by atoms with Crippen LogP contribution in [0, 0.1) is 16.3 Å². The predicted molar refractivity (Wildman–Crippen MR) is 100 cm³/mol. The largest absolute Gasteiger partial charge is 0.462 e. The van der Waals surface area contributed by atoms with Crippen molar-refractivity contribution in [2.75, 3.05) is 11.9 Å². The third-order valence-electron chi connectivity index (χ3n) is 3.35. The van der Waals surface area contributed by atoms with Gasteiger partial charge in [0.25, 0.3) is 0 Å². The van der Waals surface area contributed by atoms with Crippen molar-refractivity contribution in [1.29, 1.82) is 0 Å². The van der Waals surface area contributed by atoms with Crippen LogP contribution in [-0.4, -0.2) is 24.0 Å². The first-order valence-electron chi connectivity index (χ1n) is 7.53. The summed E-state index contributed by atoms with van der Waals surface area (Å²) in [5, 5.41) is 5.37. The zero-order chi connectivity index (χ0) is 18.4. The number of hydrogen-bond acceptors (Lipinski definition) is 5. The van der Waals surface area contributed by atoms with Gasteiger partial charge in [-0.3, -0.25) is 4.79 Å². The Kier molecular flexibility index (Phi) is 6.68. The zero-order valence-electron chi connectivity index (χ0n) is 13.7. The van der Waals surface area contributed by atoms with E-state index in [2.05, 4.69) is 15.6 Å². The number of pyridine rings is 1. The summed E-state index contributed by atoms with van der Waals surface area (Å²) in [5.41, 5.74) is 1.67. The van der Waals surface area contributed by atoms with Crippen LogP contribution < -0.4 is 10.6 Å². The van der Waals surface area contributed by atoms with Crippen LogP contribution in [0.5, 0.6) is 0 Å². The molecule has 1 amide bonds. The standard InChI is InChI=1S/C17H17FIN3O3/c1-3-25-17(24)12-6-10(2)15(8-20-9-23)22-16(12)21-14-5-4-11(19)7-13(14)18/h4-7,9H,3,8H2,1-2H3,(H,20,23)(H,21,22). The van der Waals surface area contributed by atoms with Crippen LogP contribution >= 0.6 is 22.6 Å². The third kappa shape index (κ3) is 4.88. The van der Waals surface area contributed by atoms with Gasteiger partial charge in [-0.15, -0.1) is 0 Å². The van der Waals surface area contributed by atoms with Gasteiger partial charge in [0.1, 0.15) is 17.2 Å². The second-order valence-corrected chi connectivity index (χ2v) is 6.36. The Balaban J connectivity index is 2.46. The fourth-order valence-corrected chi connectivity index (χ4v) is 2.60. The third-order valence-corrected chi connectivity index (χ3v) is 4.02. The number of rotatable bonds is 7. The molecular formula is C17H17FIN3O3. The molecule has 0 aliphatic rings. The summed E-state index contributed by atoms with van der Waals surface area (Å²) in [6, 6.07) is 6.28. The van der Waals surface area contributed by atoms with Crippen molar-refractivity contribution in [3.8, 4) is 0 Å². The quantitative estimate of drug-likeness (QED) is 0.379. The number of nitrogens with one attached hydrogen (secondary N) is 2. The van der Waals surface area contributed by atoms with Crippen LogP contribution in [0.4, 0.5) is 15.9 Å². The smallest absolute Gasteiger partial charge is 0.341 e. The number of hydrogen-bond donors (Lipinski definition) is 2. The summed E-state index contributed by atoms with van der Waals surface area (Å²) in [5.74, 6) is -0.843. The lowest BCUT2D eigenvalue weighted by atomic mass is 10.1. The maximum absolute atomic E-state index is 14.1. The summed E-state index contributed by atoms with van der Waals surface area (Å²) in [6.07, 6.45) is 0.562. The van der Waals surface area contributed by atoms with E-state index < -0.39 is 11.8 Å². The Morgan fingerprint density at radius 3 is 2.80 bits per heavy atom. The second-order valence-electron chi connectivity index (χ2n) is 5.12. The SMILES string of the molecule is CCOC(=O)c1cc(C)c(CNC=O)nc1Nc1ccc(I)cc1F. The minimum atomic E-state index is -0.554. The highest BCUT2D eigenvalue weighted by molar-refractivity contribution is 14.1. The molecule has 0 radical (unpaired) electrons. The summed E-state index contributed by atoms with van der Waals surface area (Å²) in [4.78, 5) is 27.1. The van der Waals surface area contributed by atoms with Crippen molar-refractivity contribution < 1.29 is 18.7 Å². The minimum Gasteiger partial charge on any atom is -0.462 e. The van der Waals surface area contributed by atoms with Crippen LogP contribution in [0.25, 0.3) is 0 Å². The van der Waals surface area contributed by atoms with Crippen molar-refractivity contribution >= 4 is 46.5 Å². The number of nitrogens with zero attached hydrogens (tertiary/aromatic N) is 1. The average molecular weight is 457 g/mol. The molecule has 1 heterocycles. The number of halogens is 2.